The van der Waals surface area contributed by atoms with Crippen LogP contribution in [-0.2, 0) is 4.79 Å². The van der Waals surface area contributed by atoms with Crippen LogP contribution in [0.5, 0.6) is 0 Å². The van der Waals surface area contributed by atoms with Crippen LogP contribution in [0, 0.1) is 0 Å². The summed E-state index contributed by atoms with van der Waals surface area (Å²) in [6, 6.07) is -0.196. The van der Waals surface area contributed by atoms with E-state index < -0.39 is 5.97 Å². The number of carbonyl (C=O) groups excluding carboxylic acids is 1. The number of aliphatic carboxylic acids is 1. The number of amides is 2. The highest BCUT2D eigenvalue weighted by atomic mass is 16.4. The van der Waals surface area contributed by atoms with E-state index in [0.717, 1.165) is 12.8 Å². The molecule has 13 heavy (non-hydrogen) atoms. The van der Waals surface area contributed by atoms with Crippen LogP contribution in [0.15, 0.2) is 0 Å². The van der Waals surface area contributed by atoms with Crippen LogP contribution >= 0.6 is 0 Å². The third-order valence-electron chi connectivity index (χ3n) is 1.58. The van der Waals surface area contributed by atoms with Gasteiger partial charge in [0.2, 0.25) is 0 Å². The minimum Gasteiger partial charge on any atom is -0.481 e. The van der Waals surface area contributed by atoms with E-state index in [0.29, 0.717) is 13.0 Å². The molecule has 5 nitrogen and oxygen atoms in total. The lowest BCUT2D eigenvalue weighted by atomic mass is 10.2. The van der Waals surface area contributed by atoms with Crippen molar-refractivity contribution in [3.63, 3.8) is 0 Å². The van der Waals surface area contributed by atoms with E-state index in [1.807, 2.05) is 0 Å². The fourth-order valence-electron chi connectivity index (χ4n) is 0.868. The van der Waals surface area contributed by atoms with Crippen LogP contribution < -0.4 is 10.6 Å². The van der Waals surface area contributed by atoms with Gasteiger partial charge >= 0.3 is 12.0 Å². The lowest BCUT2D eigenvalue weighted by Crippen LogP contribution is -2.33. The largest absolute Gasteiger partial charge is 0.481 e. The zero-order chi connectivity index (χ0) is 10.1. The number of rotatable bonds is 6. The van der Waals surface area contributed by atoms with Gasteiger partial charge in [0.05, 0.1) is 0 Å². The topological polar surface area (TPSA) is 78.4 Å². The molecule has 0 aliphatic rings. The van der Waals surface area contributed by atoms with E-state index in [9.17, 15) is 9.59 Å². The van der Waals surface area contributed by atoms with Gasteiger partial charge < -0.3 is 15.7 Å². The van der Waals surface area contributed by atoms with Gasteiger partial charge in [-0.15, -0.1) is 0 Å². The first-order chi connectivity index (χ1) is 6.16. The summed E-state index contributed by atoms with van der Waals surface area (Å²) in [5.41, 5.74) is 0. The van der Waals surface area contributed by atoms with E-state index >= 15 is 0 Å². The summed E-state index contributed by atoms with van der Waals surface area (Å²) in [5.74, 6) is -0.765. The Labute approximate surface area is 77.5 Å². The highest BCUT2D eigenvalue weighted by Crippen LogP contribution is 1.98. The van der Waals surface area contributed by atoms with Gasteiger partial charge in [0.25, 0.3) is 0 Å². The molecule has 2 amide bonds. The molecule has 0 aromatic heterocycles. The molecule has 0 saturated heterocycles. The third-order valence-corrected chi connectivity index (χ3v) is 1.58. The second-order valence-electron chi connectivity index (χ2n) is 2.71. The summed E-state index contributed by atoms with van der Waals surface area (Å²) >= 11 is 0. The monoisotopic (exact) mass is 188 g/mol. The summed E-state index contributed by atoms with van der Waals surface area (Å²) in [6.45, 7) is 0.597. The van der Waals surface area contributed by atoms with Crippen LogP contribution in [0.3, 0.4) is 0 Å². The second kappa shape index (κ2) is 7.39. The molecule has 0 unspecified atom stereocenters. The van der Waals surface area contributed by atoms with Crippen molar-refractivity contribution in [1.82, 2.24) is 10.6 Å². The van der Waals surface area contributed by atoms with Gasteiger partial charge in [-0.25, -0.2) is 4.79 Å². The van der Waals surface area contributed by atoms with Gasteiger partial charge in [0.15, 0.2) is 0 Å². The van der Waals surface area contributed by atoms with Crippen molar-refractivity contribution in [2.75, 3.05) is 13.6 Å². The van der Waals surface area contributed by atoms with Gasteiger partial charge in [-0.2, -0.15) is 0 Å². The molecule has 0 atom stereocenters. The van der Waals surface area contributed by atoms with Crippen LogP contribution in [-0.4, -0.2) is 30.7 Å². The Morgan fingerprint density at radius 2 is 1.92 bits per heavy atom. The number of nitrogens with one attached hydrogen (secondary N) is 2. The fourth-order valence-corrected chi connectivity index (χ4v) is 0.868. The normalized spacial score (nSPS) is 9.31. The molecule has 0 aromatic rings. The molecule has 5 heteroatoms. The molecule has 0 aromatic carbocycles. The molecule has 0 aliphatic heterocycles. The lowest BCUT2D eigenvalue weighted by Gasteiger charge is -2.02. The molecule has 0 heterocycles. The average molecular weight is 188 g/mol. The van der Waals surface area contributed by atoms with Gasteiger partial charge in [-0.1, -0.05) is 6.42 Å². The summed E-state index contributed by atoms with van der Waals surface area (Å²) in [7, 11) is 1.56. The molecule has 0 rings (SSSR count). The maximum absolute atomic E-state index is 10.6. The number of carbonyl (C=O) groups is 2. The summed E-state index contributed by atoms with van der Waals surface area (Å²) in [5, 5.41) is 13.4. The third kappa shape index (κ3) is 8.65. The minimum atomic E-state index is -0.765. The van der Waals surface area contributed by atoms with Crippen LogP contribution in [0.2, 0.25) is 0 Å². The van der Waals surface area contributed by atoms with Gasteiger partial charge in [-0.3, -0.25) is 4.79 Å². The Hall–Kier alpha value is -1.26. The molecule has 0 fully saturated rings. The molecular formula is C8H16N2O3. The molecule has 0 saturated carbocycles. The molecule has 0 aliphatic carbocycles. The van der Waals surface area contributed by atoms with Crippen LogP contribution in [0.1, 0.15) is 25.7 Å². The first-order valence-electron chi connectivity index (χ1n) is 4.34. The van der Waals surface area contributed by atoms with E-state index in [2.05, 4.69) is 10.6 Å². The van der Waals surface area contributed by atoms with Gasteiger partial charge in [0.1, 0.15) is 0 Å². The molecule has 3 N–H and O–H groups in total. The fraction of sp³-hybridized carbons (Fsp3) is 0.750. The number of hydrogen-bond donors (Lipinski definition) is 3. The molecule has 0 spiro atoms. The van der Waals surface area contributed by atoms with Crippen molar-refractivity contribution < 1.29 is 14.7 Å². The van der Waals surface area contributed by atoms with Crippen molar-refractivity contribution >= 4 is 12.0 Å². The SMILES string of the molecule is CNC(=O)NCCCCCC(=O)O. The molecular weight excluding hydrogens is 172 g/mol. The number of unbranched alkanes of at least 4 members (excludes halogenated alkanes) is 2. The van der Waals surface area contributed by atoms with Crippen molar-refractivity contribution in [2.24, 2.45) is 0 Å². The van der Waals surface area contributed by atoms with E-state index in [1.54, 1.807) is 7.05 Å². The number of carboxylic acids is 1. The van der Waals surface area contributed by atoms with E-state index in [4.69, 9.17) is 5.11 Å². The second-order valence-corrected chi connectivity index (χ2v) is 2.71. The van der Waals surface area contributed by atoms with Crippen molar-refractivity contribution in [3.05, 3.63) is 0 Å². The van der Waals surface area contributed by atoms with Crippen molar-refractivity contribution in [3.8, 4) is 0 Å². The summed E-state index contributed by atoms with van der Waals surface area (Å²) < 4.78 is 0. The zero-order valence-electron chi connectivity index (χ0n) is 7.80. The quantitative estimate of drug-likeness (QED) is 0.533. The number of hydrogen-bond acceptors (Lipinski definition) is 2. The zero-order valence-corrected chi connectivity index (χ0v) is 7.80. The Morgan fingerprint density at radius 3 is 2.46 bits per heavy atom. The van der Waals surface area contributed by atoms with Gasteiger partial charge in [-0.05, 0) is 12.8 Å². The maximum Gasteiger partial charge on any atom is 0.314 e. The Balaban J connectivity index is 3.08. The Morgan fingerprint density at radius 1 is 1.23 bits per heavy atom. The summed E-state index contributed by atoms with van der Waals surface area (Å²) in [4.78, 5) is 20.7. The van der Waals surface area contributed by atoms with E-state index in [-0.39, 0.29) is 12.5 Å². The predicted molar refractivity (Wildman–Crippen MR) is 48.6 cm³/mol. The maximum atomic E-state index is 10.6. The van der Waals surface area contributed by atoms with E-state index in [1.165, 1.54) is 0 Å². The van der Waals surface area contributed by atoms with Crippen molar-refractivity contribution in [2.45, 2.75) is 25.7 Å². The highest BCUT2D eigenvalue weighted by Gasteiger charge is 1.97. The Bertz CT molecular complexity index is 171. The smallest absolute Gasteiger partial charge is 0.314 e. The molecule has 76 valence electrons. The first kappa shape index (κ1) is 11.7. The molecule has 0 radical (unpaired) electrons. The number of carboxylic acid groups (broad SMARTS) is 1. The molecule has 0 bridgehead atoms. The standard InChI is InChI=1S/C8H16N2O3/c1-9-8(13)10-6-4-2-3-5-7(11)12/h2-6H2,1H3,(H,11,12)(H2,9,10,13). The van der Waals surface area contributed by atoms with Crippen LogP contribution in [0.4, 0.5) is 4.79 Å². The van der Waals surface area contributed by atoms with Crippen molar-refractivity contribution in [1.29, 1.82) is 0 Å². The summed E-state index contributed by atoms with van der Waals surface area (Å²) in [6.07, 6.45) is 2.53. The lowest BCUT2D eigenvalue weighted by molar-refractivity contribution is -0.137. The van der Waals surface area contributed by atoms with Gasteiger partial charge in [0, 0.05) is 20.0 Å². The average Bonchev–Trinajstić information content (AvgIpc) is 2.10. The van der Waals surface area contributed by atoms with Crippen LogP contribution in [0.25, 0.3) is 0 Å². The predicted octanol–water partition coefficient (Wildman–Crippen LogP) is 0.560. The first-order valence-corrected chi connectivity index (χ1v) is 4.34. The number of urea groups is 1. The minimum absolute atomic E-state index is 0.196. The Kier molecular flexibility index (Phi) is 6.68. The highest BCUT2D eigenvalue weighted by molar-refractivity contribution is 5.73.